The van der Waals surface area contributed by atoms with E-state index in [-0.39, 0.29) is 6.03 Å². The zero-order valence-corrected chi connectivity index (χ0v) is 12.2. The van der Waals surface area contributed by atoms with Gasteiger partial charge < -0.3 is 14.9 Å². The standard InChI is InChI=1S/C15H23N3O2/c1-16(2)15(20)18-10-8-17(9-11-18)12-14(19)13-6-4-3-5-7-13/h3-7,14,19H,8-12H2,1-2H3/t14-/m0/s1. The fraction of sp³-hybridized carbons (Fsp3) is 0.533. The van der Waals surface area contributed by atoms with Crippen LogP contribution in [0.5, 0.6) is 0 Å². The molecule has 0 bridgehead atoms. The minimum Gasteiger partial charge on any atom is -0.387 e. The van der Waals surface area contributed by atoms with Gasteiger partial charge in [0.15, 0.2) is 0 Å². The fourth-order valence-corrected chi connectivity index (χ4v) is 2.43. The summed E-state index contributed by atoms with van der Waals surface area (Å²) in [6.45, 7) is 3.68. The Balaban J connectivity index is 1.81. The van der Waals surface area contributed by atoms with Gasteiger partial charge in [0, 0.05) is 46.8 Å². The van der Waals surface area contributed by atoms with Crippen LogP contribution in [0.3, 0.4) is 0 Å². The van der Waals surface area contributed by atoms with E-state index in [0.717, 1.165) is 31.7 Å². The van der Waals surface area contributed by atoms with Crippen LogP contribution >= 0.6 is 0 Å². The van der Waals surface area contributed by atoms with E-state index >= 15 is 0 Å². The number of urea groups is 1. The summed E-state index contributed by atoms with van der Waals surface area (Å²) in [5, 5.41) is 10.2. The van der Waals surface area contributed by atoms with E-state index in [4.69, 9.17) is 0 Å². The molecule has 1 heterocycles. The lowest BCUT2D eigenvalue weighted by molar-refractivity contribution is 0.0762. The summed E-state index contributed by atoms with van der Waals surface area (Å²) < 4.78 is 0. The largest absolute Gasteiger partial charge is 0.387 e. The summed E-state index contributed by atoms with van der Waals surface area (Å²) in [7, 11) is 3.54. The number of piperazine rings is 1. The zero-order valence-electron chi connectivity index (χ0n) is 12.2. The van der Waals surface area contributed by atoms with E-state index in [2.05, 4.69) is 4.90 Å². The van der Waals surface area contributed by atoms with Gasteiger partial charge in [0.25, 0.3) is 0 Å². The molecule has 20 heavy (non-hydrogen) atoms. The Hall–Kier alpha value is -1.59. The second-order valence-corrected chi connectivity index (χ2v) is 5.39. The topological polar surface area (TPSA) is 47.0 Å². The zero-order chi connectivity index (χ0) is 14.5. The number of amides is 2. The summed E-state index contributed by atoms with van der Waals surface area (Å²) in [4.78, 5) is 17.5. The first kappa shape index (κ1) is 14.8. The van der Waals surface area contributed by atoms with Gasteiger partial charge >= 0.3 is 6.03 Å². The van der Waals surface area contributed by atoms with Crippen LogP contribution in [0.15, 0.2) is 30.3 Å². The van der Waals surface area contributed by atoms with Crippen molar-refractivity contribution in [3.8, 4) is 0 Å². The molecule has 0 saturated carbocycles. The van der Waals surface area contributed by atoms with E-state index < -0.39 is 6.10 Å². The van der Waals surface area contributed by atoms with E-state index in [1.54, 1.807) is 19.0 Å². The number of rotatable bonds is 3. The van der Waals surface area contributed by atoms with Gasteiger partial charge in [-0.1, -0.05) is 30.3 Å². The smallest absolute Gasteiger partial charge is 0.319 e. The van der Waals surface area contributed by atoms with Crippen LogP contribution in [0, 0.1) is 0 Å². The average molecular weight is 277 g/mol. The lowest BCUT2D eigenvalue weighted by Gasteiger charge is -2.36. The van der Waals surface area contributed by atoms with Crippen molar-refractivity contribution < 1.29 is 9.90 Å². The van der Waals surface area contributed by atoms with Crippen molar-refractivity contribution in [2.45, 2.75) is 6.10 Å². The summed E-state index contributed by atoms with van der Waals surface area (Å²) in [5.74, 6) is 0. The molecule has 1 aromatic rings. The maximum absolute atomic E-state index is 11.8. The molecule has 0 spiro atoms. The van der Waals surface area contributed by atoms with E-state index in [1.807, 2.05) is 35.2 Å². The molecule has 2 amide bonds. The molecule has 1 N–H and O–H groups in total. The number of aliphatic hydroxyl groups is 1. The Morgan fingerprint density at radius 1 is 1.20 bits per heavy atom. The van der Waals surface area contributed by atoms with Crippen molar-refractivity contribution in [3.63, 3.8) is 0 Å². The molecule has 1 atom stereocenters. The molecule has 1 saturated heterocycles. The minimum absolute atomic E-state index is 0.0632. The number of β-amino-alcohol motifs (C(OH)–C–C–N with tert-alkyl or cyclic N) is 1. The number of benzene rings is 1. The van der Waals surface area contributed by atoms with Crippen LogP contribution in [-0.2, 0) is 0 Å². The quantitative estimate of drug-likeness (QED) is 0.897. The highest BCUT2D eigenvalue weighted by Gasteiger charge is 2.23. The second-order valence-electron chi connectivity index (χ2n) is 5.39. The first-order valence-electron chi connectivity index (χ1n) is 6.99. The summed E-state index contributed by atoms with van der Waals surface area (Å²) >= 11 is 0. The van der Waals surface area contributed by atoms with E-state index in [0.29, 0.717) is 6.54 Å². The van der Waals surface area contributed by atoms with Crippen LogP contribution in [-0.4, -0.2) is 72.7 Å². The minimum atomic E-state index is -0.465. The number of hydrogen-bond donors (Lipinski definition) is 1. The van der Waals surface area contributed by atoms with Crippen molar-refractivity contribution in [3.05, 3.63) is 35.9 Å². The SMILES string of the molecule is CN(C)C(=O)N1CCN(C[C@H](O)c2ccccc2)CC1. The molecule has 0 aromatic heterocycles. The number of carbonyl (C=O) groups is 1. The molecule has 2 rings (SSSR count). The van der Waals surface area contributed by atoms with Crippen LogP contribution < -0.4 is 0 Å². The van der Waals surface area contributed by atoms with Crippen LogP contribution in [0.25, 0.3) is 0 Å². The summed E-state index contributed by atoms with van der Waals surface area (Å²) in [6.07, 6.45) is -0.465. The normalized spacial score (nSPS) is 17.9. The highest BCUT2D eigenvalue weighted by Crippen LogP contribution is 2.15. The van der Waals surface area contributed by atoms with Gasteiger partial charge in [-0.25, -0.2) is 4.79 Å². The fourth-order valence-electron chi connectivity index (χ4n) is 2.43. The second kappa shape index (κ2) is 6.72. The molecule has 0 unspecified atom stereocenters. The molecule has 1 aliphatic rings. The molecule has 5 heteroatoms. The highest BCUT2D eigenvalue weighted by molar-refractivity contribution is 5.73. The van der Waals surface area contributed by atoms with Gasteiger partial charge in [0.2, 0.25) is 0 Å². The Morgan fingerprint density at radius 3 is 2.35 bits per heavy atom. The van der Waals surface area contributed by atoms with E-state index in [1.165, 1.54) is 0 Å². The third-order valence-electron chi connectivity index (χ3n) is 3.64. The number of hydrogen-bond acceptors (Lipinski definition) is 3. The highest BCUT2D eigenvalue weighted by atomic mass is 16.3. The lowest BCUT2D eigenvalue weighted by Crippen LogP contribution is -2.52. The molecule has 5 nitrogen and oxygen atoms in total. The third-order valence-corrected chi connectivity index (χ3v) is 3.64. The predicted molar refractivity (Wildman–Crippen MR) is 78.5 cm³/mol. The van der Waals surface area contributed by atoms with Gasteiger partial charge in [0.1, 0.15) is 0 Å². The molecular weight excluding hydrogens is 254 g/mol. The molecular formula is C15H23N3O2. The maximum atomic E-state index is 11.8. The lowest BCUT2D eigenvalue weighted by atomic mass is 10.1. The monoisotopic (exact) mass is 277 g/mol. The van der Waals surface area contributed by atoms with Crippen LogP contribution in [0.4, 0.5) is 4.79 Å². The number of carbonyl (C=O) groups excluding carboxylic acids is 1. The van der Waals surface area contributed by atoms with Gasteiger partial charge in [-0.3, -0.25) is 4.90 Å². The molecule has 1 aliphatic heterocycles. The Labute approximate surface area is 120 Å². The molecule has 1 aromatic carbocycles. The average Bonchev–Trinajstić information content (AvgIpc) is 2.48. The molecule has 1 fully saturated rings. The van der Waals surface area contributed by atoms with Gasteiger partial charge in [-0.15, -0.1) is 0 Å². The Kier molecular flexibility index (Phi) is 4.98. The Morgan fingerprint density at radius 2 is 1.80 bits per heavy atom. The molecule has 110 valence electrons. The van der Waals surface area contributed by atoms with E-state index in [9.17, 15) is 9.90 Å². The van der Waals surface area contributed by atoms with Gasteiger partial charge in [-0.2, -0.15) is 0 Å². The molecule has 0 aliphatic carbocycles. The van der Waals surface area contributed by atoms with Crippen molar-refractivity contribution in [2.24, 2.45) is 0 Å². The number of nitrogens with zero attached hydrogens (tertiary/aromatic N) is 3. The van der Waals surface area contributed by atoms with Gasteiger partial charge in [-0.05, 0) is 5.56 Å². The van der Waals surface area contributed by atoms with Crippen molar-refractivity contribution in [2.75, 3.05) is 46.8 Å². The first-order valence-corrected chi connectivity index (χ1v) is 6.99. The summed E-state index contributed by atoms with van der Waals surface area (Å²) in [5.41, 5.74) is 0.944. The summed E-state index contributed by atoms with van der Waals surface area (Å²) in [6, 6.07) is 9.76. The maximum Gasteiger partial charge on any atom is 0.319 e. The van der Waals surface area contributed by atoms with Crippen LogP contribution in [0.1, 0.15) is 11.7 Å². The van der Waals surface area contributed by atoms with Crippen molar-refractivity contribution in [1.29, 1.82) is 0 Å². The third kappa shape index (κ3) is 3.71. The predicted octanol–water partition coefficient (Wildman–Crippen LogP) is 1.02. The van der Waals surface area contributed by atoms with Crippen molar-refractivity contribution in [1.82, 2.24) is 14.7 Å². The van der Waals surface area contributed by atoms with Gasteiger partial charge in [0.05, 0.1) is 6.10 Å². The van der Waals surface area contributed by atoms with Crippen LogP contribution in [0.2, 0.25) is 0 Å². The molecule has 0 radical (unpaired) electrons. The number of aliphatic hydroxyl groups excluding tert-OH is 1. The first-order chi connectivity index (χ1) is 9.58. The Bertz CT molecular complexity index is 428. The van der Waals surface area contributed by atoms with Crippen molar-refractivity contribution >= 4 is 6.03 Å².